The molecule has 1 N–H and O–H groups in total. The van der Waals surface area contributed by atoms with Crippen molar-refractivity contribution in [3.05, 3.63) is 82.8 Å². The number of fused-ring (bicyclic) bond motifs is 1. The lowest BCUT2D eigenvalue weighted by atomic mass is 9.99. The molecule has 168 valence electrons. The highest BCUT2D eigenvalue weighted by molar-refractivity contribution is 5.99. The number of aromatic nitrogens is 2. The highest BCUT2D eigenvalue weighted by Gasteiger charge is 2.34. The number of hydrogen-bond donors (Lipinski definition) is 1. The van der Waals surface area contributed by atoms with Crippen LogP contribution in [0.3, 0.4) is 0 Å². The molecule has 2 amide bonds. The summed E-state index contributed by atoms with van der Waals surface area (Å²) in [5.41, 5.74) is 4.73. The summed E-state index contributed by atoms with van der Waals surface area (Å²) in [6.07, 6.45) is 3.98. The van der Waals surface area contributed by atoms with Crippen molar-refractivity contribution >= 4 is 17.6 Å². The fourth-order valence-electron chi connectivity index (χ4n) is 4.24. The Morgan fingerprint density at radius 2 is 1.85 bits per heavy atom. The standard InChI is InChI=1S/C26H26N4O3/c1-16-23-12-18(11-20-13-24(28-15-27-20)29-25(31)19-6-7-19)5-10-22(23)26(32)30(16)14-17-3-8-21(33-2)9-4-17/h3-5,8-10,12-13,15-16,19H,6-7,11,14H2,1-2H3,(H,27,28,29,31). The van der Waals surface area contributed by atoms with Gasteiger partial charge in [-0.25, -0.2) is 9.97 Å². The maximum Gasteiger partial charge on any atom is 0.255 e. The topological polar surface area (TPSA) is 84.4 Å². The van der Waals surface area contributed by atoms with Gasteiger partial charge in [0.05, 0.1) is 18.8 Å². The molecule has 7 heteroatoms. The molecule has 0 radical (unpaired) electrons. The average Bonchev–Trinajstić information content (AvgIpc) is 3.65. The van der Waals surface area contributed by atoms with Gasteiger partial charge < -0.3 is 15.0 Å². The molecule has 7 nitrogen and oxygen atoms in total. The van der Waals surface area contributed by atoms with Crippen molar-refractivity contribution < 1.29 is 14.3 Å². The maximum atomic E-state index is 13.1. The highest BCUT2D eigenvalue weighted by Crippen LogP contribution is 2.35. The number of methoxy groups -OCH3 is 1. The zero-order valence-corrected chi connectivity index (χ0v) is 18.7. The van der Waals surface area contributed by atoms with Gasteiger partial charge in [-0.2, -0.15) is 0 Å². The predicted octanol–water partition coefficient (Wildman–Crippen LogP) is 4.14. The molecule has 1 aliphatic heterocycles. The Bertz CT molecular complexity index is 1200. The lowest BCUT2D eigenvalue weighted by Gasteiger charge is -2.22. The number of benzene rings is 2. The second-order valence-corrected chi connectivity index (χ2v) is 8.71. The quantitative estimate of drug-likeness (QED) is 0.594. The lowest BCUT2D eigenvalue weighted by Crippen LogP contribution is -2.26. The monoisotopic (exact) mass is 442 g/mol. The number of anilines is 1. The minimum Gasteiger partial charge on any atom is -0.497 e. The summed E-state index contributed by atoms with van der Waals surface area (Å²) < 4.78 is 5.22. The predicted molar refractivity (Wildman–Crippen MR) is 124 cm³/mol. The number of carbonyl (C=O) groups is 2. The van der Waals surface area contributed by atoms with E-state index in [1.54, 1.807) is 7.11 Å². The van der Waals surface area contributed by atoms with Crippen LogP contribution in [0.4, 0.5) is 5.82 Å². The summed E-state index contributed by atoms with van der Waals surface area (Å²) in [5, 5.41) is 2.87. The SMILES string of the molecule is COc1ccc(CN2C(=O)c3ccc(Cc4cc(NC(=O)C5CC5)ncn4)cc3C2C)cc1. The van der Waals surface area contributed by atoms with Gasteiger partial charge in [-0.1, -0.05) is 24.3 Å². The molecule has 1 fully saturated rings. The van der Waals surface area contributed by atoms with Crippen molar-refractivity contribution in [3.63, 3.8) is 0 Å². The number of carbonyl (C=O) groups excluding carboxylic acids is 2. The van der Waals surface area contributed by atoms with Gasteiger partial charge in [-0.05, 0) is 54.7 Å². The van der Waals surface area contributed by atoms with Crippen LogP contribution in [0, 0.1) is 5.92 Å². The fourth-order valence-corrected chi connectivity index (χ4v) is 4.24. The van der Waals surface area contributed by atoms with Crippen LogP contribution in [0.25, 0.3) is 0 Å². The van der Waals surface area contributed by atoms with Crippen molar-refractivity contribution in [3.8, 4) is 5.75 Å². The largest absolute Gasteiger partial charge is 0.497 e. The van der Waals surface area contributed by atoms with Crippen molar-refractivity contribution in [2.45, 2.75) is 38.8 Å². The third-order valence-electron chi connectivity index (χ3n) is 6.35. The summed E-state index contributed by atoms with van der Waals surface area (Å²) in [7, 11) is 1.64. The summed E-state index contributed by atoms with van der Waals surface area (Å²) in [6.45, 7) is 2.61. The maximum absolute atomic E-state index is 13.1. The normalized spacial score (nSPS) is 17.1. The van der Waals surface area contributed by atoms with Gasteiger partial charge in [-0.3, -0.25) is 9.59 Å². The van der Waals surface area contributed by atoms with Crippen LogP contribution in [0.2, 0.25) is 0 Å². The van der Waals surface area contributed by atoms with E-state index >= 15 is 0 Å². The Hall–Kier alpha value is -3.74. The van der Waals surface area contributed by atoms with Crippen LogP contribution in [-0.2, 0) is 17.8 Å². The molecule has 33 heavy (non-hydrogen) atoms. The zero-order valence-electron chi connectivity index (χ0n) is 18.7. The third kappa shape index (κ3) is 4.44. The van der Waals surface area contributed by atoms with Crippen molar-refractivity contribution in [2.24, 2.45) is 5.92 Å². The average molecular weight is 443 g/mol. The Morgan fingerprint density at radius 1 is 1.09 bits per heavy atom. The minimum absolute atomic E-state index is 0.0201. The summed E-state index contributed by atoms with van der Waals surface area (Å²) in [4.78, 5) is 35.5. The highest BCUT2D eigenvalue weighted by atomic mass is 16.5. The van der Waals surface area contributed by atoms with Gasteiger partial charge in [0.15, 0.2) is 0 Å². The molecule has 0 saturated heterocycles. The van der Waals surface area contributed by atoms with Crippen LogP contribution < -0.4 is 10.1 Å². The van der Waals surface area contributed by atoms with Crippen LogP contribution >= 0.6 is 0 Å². The second-order valence-electron chi connectivity index (χ2n) is 8.71. The molecule has 0 spiro atoms. The Balaban J connectivity index is 1.30. The van der Waals surface area contributed by atoms with Crippen LogP contribution in [-0.4, -0.2) is 33.8 Å². The molecule has 0 bridgehead atoms. The molecule has 1 aliphatic carbocycles. The number of hydrogen-bond acceptors (Lipinski definition) is 5. The smallest absolute Gasteiger partial charge is 0.255 e. The van der Waals surface area contributed by atoms with E-state index in [0.717, 1.165) is 46.5 Å². The van der Waals surface area contributed by atoms with Gasteiger partial charge in [0, 0.05) is 30.5 Å². The van der Waals surface area contributed by atoms with E-state index < -0.39 is 0 Å². The Kier molecular flexibility index (Phi) is 5.54. The van der Waals surface area contributed by atoms with E-state index in [-0.39, 0.29) is 23.8 Å². The molecule has 1 aromatic heterocycles. The summed E-state index contributed by atoms with van der Waals surface area (Å²) in [6, 6.07) is 15.6. The Labute approximate surface area is 192 Å². The molecule has 2 heterocycles. The molecule has 5 rings (SSSR count). The van der Waals surface area contributed by atoms with Crippen LogP contribution in [0.5, 0.6) is 5.75 Å². The minimum atomic E-state index is -0.0201. The molecule has 2 aliphatic rings. The summed E-state index contributed by atoms with van der Waals surface area (Å²) >= 11 is 0. The molecule has 1 atom stereocenters. The second kappa shape index (κ2) is 8.65. The number of nitrogens with zero attached hydrogens (tertiary/aromatic N) is 3. The van der Waals surface area contributed by atoms with E-state index in [1.165, 1.54) is 6.33 Å². The van der Waals surface area contributed by atoms with Crippen LogP contribution in [0.15, 0.2) is 54.9 Å². The molecule has 2 aromatic carbocycles. The first-order valence-electron chi connectivity index (χ1n) is 11.2. The van der Waals surface area contributed by atoms with E-state index in [9.17, 15) is 9.59 Å². The molecule has 1 saturated carbocycles. The number of nitrogens with one attached hydrogen (secondary N) is 1. The van der Waals surface area contributed by atoms with Crippen molar-refractivity contribution in [1.29, 1.82) is 0 Å². The Morgan fingerprint density at radius 3 is 2.58 bits per heavy atom. The molecule has 3 aromatic rings. The lowest BCUT2D eigenvalue weighted by molar-refractivity contribution is -0.117. The number of ether oxygens (including phenoxy) is 1. The number of rotatable bonds is 7. The van der Waals surface area contributed by atoms with Crippen molar-refractivity contribution in [1.82, 2.24) is 14.9 Å². The first kappa shape index (κ1) is 21.1. The van der Waals surface area contributed by atoms with E-state index in [2.05, 4.69) is 28.3 Å². The molecule has 1 unspecified atom stereocenters. The van der Waals surface area contributed by atoms with Gasteiger partial charge in [-0.15, -0.1) is 0 Å². The molecular weight excluding hydrogens is 416 g/mol. The zero-order chi connectivity index (χ0) is 22.9. The van der Waals surface area contributed by atoms with E-state index in [1.807, 2.05) is 47.4 Å². The van der Waals surface area contributed by atoms with Gasteiger partial charge in [0.25, 0.3) is 5.91 Å². The molecular formula is C26H26N4O3. The van der Waals surface area contributed by atoms with Gasteiger partial charge in [0.1, 0.15) is 17.9 Å². The van der Waals surface area contributed by atoms with E-state index in [4.69, 9.17) is 4.74 Å². The fraction of sp³-hybridized carbons (Fsp3) is 0.308. The van der Waals surface area contributed by atoms with E-state index in [0.29, 0.717) is 18.8 Å². The first-order chi connectivity index (χ1) is 16.0. The van der Waals surface area contributed by atoms with Gasteiger partial charge in [0.2, 0.25) is 5.91 Å². The van der Waals surface area contributed by atoms with Gasteiger partial charge >= 0.3 is 0 Å². The summed E-state index contributed by atoms with van der Waals surface area (Å²) in [5.74, 6) is 1.54. The first-order valence-corrected chi connectivity index (χ1v) is 11.2. The van der Waals surface area contributed by atoms with Crippen molar-refractivity contribution in [2.75, 3.05) is 12.4 Å². The number of amides is 2. The van der Waals surface area contributed by atoms with Crippen LogP contribution in [0.1, 0.15) is 58.5 Å². The third-order valence-corrected chi connectivity index (χ3v) is 6.35.